The maximum Gasteiger partial charge on any atom is 0.482 e. The first kappa shape index (κ1) is 24.1. The number of ketones is 2. The summed E-state index contributed by atoms with van der Waals surface area (Å²) < 4.78 is 36.4. The van der Waals surface area contributed by atoms with Crippen molar-refractivity contribution in [1.29, 1.82) is 0 Å². The number of nitrogens with one attached hydrogen (secondary N) is 2. The highest BCUT2D eigenvalue weighted by atomic mass is 32.3. The molecule has 0 aromatic carbocycles. The van der Waals surface area contributed by atoms with E-state index in [1.807, 2.05) is 0 Å². The molecule has 2 heterocycles. The second-order valence-electron chi connectivity index (χ2n) is 6.54. The van der Waals surface area contributed by atoms with E-state index in [-0.39, 0.29) is 23.6 Å². The molecule has 1 aromatic heterocycles. The SMILES string of the molecule is CCNC(=O)C(=O)c1cc(N2CCCCC2)nc(C(=O)C(=O)NCC)[n+]1OS(=O)(=O)O. The first-order valence-electron chi connectivity index (χ1n) is 9.63. The summed E-state index contributed by atoms with van der Waals surface area (Å²) in [6.07, 6.45) is 2.57. The van der Waals surface area contributed by atoms with Crippen molar-refractivity contribution in [2.75, 3.05) is 31.1 Å². The molecule has 0 aliphatic carbocycles. The predicted molar refractivity (Wildman–Crippen MR) is 105 cm³/mol. The van der Waals surface area contributed by atoms with Crippen LogP contribution in [0, 0.1) is 0 Å². The van der Waals surface area contributed by atoms with E-state index in [4.69, 9.17) is 4.55 Å². The lowest BCUT2D eigenvalue weighted by Gasteiger charge is -2.25. The van der Waals surface area contributed by atoms with Crippen LogP contribution in [-0.4, -0.2) is 67.5 Å². The largest absolute Gasteiger partial charge is 0.482 e. The molecule has 2 amide bonds. The van der Waals surface area contributed by atoms with Crippen LogP contribution in [0.2, 0.25) is 0 Å². The summed E-state index contributed by atoms with van der Waals surface area (Å²) in [6.45, 7) is 4.34. The van der Waals surface area contributed by atoms with E-state index < -0.39 is 45.3 Å². The highest BCUT2D eigenvalue weighted by Crippen LogP contribution is 2.18. The highest BCUT2D eigenvalue weighted by molar-refractivity contribution is 7.80. The molecule has 0 atom stereocenters. The van der Waals surface area contributed by atoms with E-state index in [2.05, 4.69) is 19.9 Å². The molecule has 0 unspecified atom stereocenters. The first-order chi connectivity index (χ1) is 14.6. The van der Waals surface area contributed by atoms with Gasteiger partial charge in [0.2, 0.25) is 11.5 Å². The summed E-state index contributed by atoms with van der Waals surface area (Å²) in [4.78, 5) is 55.4. The van der Waals surface area contributed by atoms with E-state index in [1.54, 1.807) is 18.7 Å². The van der Waals surface area contributed by atoms with Gasteiger partial charge in [-0.1, -0.05) is 0 Å². The summed E-state index contributed by atoms with van der Waals surface area (Å²) in [5, 5.41) is 4.49. The molecule has 0 bridgehead atoms. The Bertz CT molecular complexity index is 937. The summed E-state index contributed by atoms with van der Waals surface area (Å²) in [5.41, 5.74) is -0.702. The van der Waals surface area contributed by atoms with E-state index >= 15 is 0 Å². The zero-order valence-corrected chi connectivity index (χ0v) is 17.9. The molecule has 1 aliphatic heterocycles. The Hall–Kier alpha value is -3.13. The fraction of sp³-hybridized carbons (Fsp3) is 0.529. The Morgan fingerprint density at radius 2 is 1.61 bits per heavy atom. The average molecular weight is 458 g/mol. The minimum atomic E-state index is -5.26. The van der Waals surface area contributed by atoms with Crippen LogP contribution in [-0.2, 0) is 20.0 Å². The van der Waals surface area contributed by atoms with Crippen LogP contribution in [0.25, 0.3) is 0 Å². The zero-order chi connectivity index (χ0) is 23.2. The summed E-state index contributed by atoms with van der Waals surface area (Å²) in [5.74, 6) is -5.64. The number of anilines is 1. The number of rotatable bonds is 9. The third kappa shape index (κ3) is 6.18. The maximum atomic E-state index is 12.7. The molecule has 2 rings (SSSR count). The third-order valence-corrected chi connectivity index (χ3v) is 4.61. The van der Waals surface area contributed by atoms with Crippen LogP contribution < -0.4 is 24.5 Å². The van der Waals surface area contributed by atoms with Gasteiger partial charge >= 0.3 is 27.9 Å². The number of Topliss-reactive ketones (excluding diaryl/α,β-unsaturated/α-hetero) is 2. The van der Waals surface area contributed by atoms with Gasteiger partial charge in [-0.2, -0.15) is 12.7 Å². The Balaban J connectivity index is 2.74. The van der Waals surface area contributed by atoms with Crippen LogP contribution in [0.4, 0.5) is 5.82 Å². The van der Waals surface area contributed by atoms with Crippen molar-refractivity contribution < 1.29 is 41.2 Å². The molecule has 3 N–H and O–H groups in total. The second kappa shape index (κ2) is 10.3. The Kier molecular flexibility index (Phi) is 7.99. The predicted octanol–water partition coefficient (Wildman–Crippen LogP) is -1.77. The summed E-state index contributed by atoms with van der Waals surface area (Å²) in [6, 6.07) is 1.07. The smallest absolute Gasteiger partial charge is 0.349 e. The molecule has 31 heavy (non-hydrogen) atoms. The first-order valence-corrected chi connectivity index (χ1v) is 11.0. The Labute approximate surface area is 178 Å². The van der Waals surface area contributed by atoms with Gasteiger partial charge in [-0.25, -0.2) is 0 Å². The Morgan fingerprint density at radius 3 is 2.13 bits per heavy atom. The van der Waals surface area contributed by atoms with Crippen LogP contribution >= 0.6 is 0 Å². The number of aromatic nitrogens is 2. The van der Waals surface area contributed by atoms with E-state index in [0.29, 0.717) is 13.1 Å². The molecule has 1 fully saturated rings. The van der Waals surface area contributed by atoms with Gasteiger partial charge in [0.05, 0.1) is 6.07 Å². The fourth-order valence-electron chi connectivity index (χ4n) is 2.94. The molecule has 0 saturated carbocycles. The number of carbonyl (C=O) groups is 4. The molecular formula is C17H24N5O8S+. The summed E-state index contributed by atoms with van der Waals surface area (Å²) in [7, 11) is -5.26. The topological polar surface area (TPSA) is 176 Å². The number of hydrogen-bond acceptors (Lipinski definition) is 9. The lowest BCUT2D eigenvalue weighted by molar-refractivity contribution is -0.861. The molecule has 1 saturated heterocycles. The van der Waals surface area contributed by atoms with Gasteiger partial charge < -0.3 is 15.5 Å². The van der Waals surface area contributed by atoms with Crippen molar-refractivity contribution >= 4 is 39.6 Å². The maximum absolute atomic E-state index is 12.7. The van der Waals surface area contributed by atoms with Crippen molar-refractivity contribution in [3.05, 3.63) is 17.6 Å². The van der Waals surface area contributed by atoms with Crippen LogP contribution in [0.5, 0.6) is 0 Å². The molecule has 13 nitrogen and oxygen atoms in total. The van der Waals surface area contributed by atoms with E-state index in [9.17, 15) is 27.6 Å². The van der Waals surface area contributed by atoms with Crippen molar-refractivity contribution in [3.8, 4) is 0 Å². The quantitative estimate of drug-likeness (QED) is 0.166. The monoisotopic (exact) mass is 458 g/mol. The minimum absolute atomic E-state index is 0.0789. The molecule has 170 valence electrons. The van der Waals surface area contributed by atoms with Gasteiger partial charge in [-0.15, -0.1) is 0 Å². The number of amides is 2. The number of nitrogens with zero attached hydrogens (tertiary/aromatic N) is 3. The van der Waals surface area contributed by atoms with Crippen molar-refractivity contribution in [2.24, 2.45) is 0 Å². The number of carbonyl (C=O) groups excluding carboxylic acids is 4. The van der Waals surface area contributed by atoms with Crippen molar-refractivity contribution in [2.45, 2.75) is 33.1 Å². The van der Waals surface area contributed by atoms with Crippen LogP contribution in [0.15, 0.2) is 6.07 Å². The molecule has 0 radical (unpaired) electrons. The minimum Gasteiger partial charge on any atom is -0.349 e. The van der Waals surface area contributed by atoms with Gasteiger partial charge in [-0.3, -0.25) is 23.7 Å². The summed E-state index contributed by atoms with van der Waals surface area (Å²) >= 11 is 0. The van der Waals surface area contributed by atoms with Crippen LogP contribution in [0.1, 0.15) is 54.2 Å². The van der Waals surface area contributed by atoms with Crippen molar-refractivity contribution in [1.82, 2.24) is 15.6 Å². The lowest BCUT2D eigenvalue weighted by Crippen LogP contribution is -2.58. The molecule has 1 aliphatic rings. The number of likely N-dealkylation sites (N-methyl/N-ethyl adjacent to an activating group) is 2. The molecule has 0 spiro atoms. The molecule has 1 aromatic rings. The lowest BCUT2D eigenvalue weighted by atomic mass is 10.1. The highest BCUT2D eigenvalue weighted by Gasteiger charge is 2.40. The van der Waals surface area contributed by atoms with Gasteiger partial charge in [0, 0.05) is 26.2 Å². The van der Waals surface area contributed by atoms with Gasteiger partial charge in [0.1, 0.15) is 0 Å². The molecule has 14 heteroatoms. The van der Waals surface area contributed by atoms with E-state index in [0.717, 1.165) is 25.3 Å². The van der Waals surface area contributed by atoms with Crippen molar-refractivity contribution in [3.63, 3.8) is 0 Å². The third-order valence-electron chi connectivity index (χ3n) is 4.27. The van der Waals surface area contributed by atoms with Crippen LogP contribution in [0.3, 0.4) is 0 Å². The number of piperidine rings is 1. The van der Waals surface area contributed by atoms with Gasteiger partial charge in [0.15, 0.2) is 0 Å². The zero-order valence-electron chi connectivity index (χ0n) is 17.1. The van der Waals surface area contributed by atoms with E-state index in [1.165, 1.54) is 0 Å². The standard InChI is InChI=1S/C17H23N5O8S/c1-3-18-16(25)13(23)11-10-12(21-8-6-5-7-9-21)20-15(14(24)17(26)19-4-2)22(11)30-31(27,28)29/h10H,3-9H2,1-2H3,(H2-,18,19,25,26,27,28,29)/p+1. The number of hydrogen-bond donors (Lipinski definition) is 3. The van der Waals surface area contributed by atoms with Gasteiger partial charge in [0.25, 0.3) is 11.7 Å². The van der Waals surface area contributed by atoms with Gasteiger partial charge in [-0.05, 0) is 42.8 Å². The fourth-order valence-corrected chi connectivity index (χ4v) is 3.28. The molecular weight excluding hydrogens is 434 g/mol. The average Bonchev–Trinajstić information content (AvgIpc) is 2.72. The second-order valence-corrected chi connectivity index (χ2v) is 7.55. The normalized spacial score (nSPS) is 14.0. The Morgan fingerprint density at radius 1 is 1.06 bits per heavy atom.